The van der Waals surface area contributed by atoms with E-state index in [2.05, 4.69) is 15.5 Å². The van der Waals surface area contributed by atoms with Crippen LogP contribution in [0.5, 0.6) is 0 Å². The number of rotatable bonds is 6. The van der Waals surface area contributed by atoms with Crippen molar-refractivity contribution in [2.75, 3.05) is 0 Å². The topological polar surface area (TPSA) is 73.0 Å². The third-order valence-electron chi connectivity index (χ3n) is 4.93. The molecular formula is C23H21FN4O2. The minimum Gasteiger partial charge on any atom is -0.416 e. The number of aromatic nitrogens is 3. The van der Waals surface area contributed by atoms with Crippen LogP contribution in [0.15, 0.2) is 65.1 Å². The van der Waals surface area contributed by atoms with Crippen molar-refractivity contribution in [3.8, 4) is 22.9 Å². The van der Waals surface area contributed by atoms with Crippen molar-refractivity contribution < 1.29 is 13.6 Å². The smallest absolute Gasteiger partial charge is 0.249 e. The summed E-state index contributed by atoms with van der Waals surface area (Å²) >= 11 is 0. The third-order valence-corrected chi connectivity index (χ3v) is 4.93. The SMILES string of the molecule is Cc1cc(-c2nnc(-c3ccccc3)o2)c(C)n1CC(=O)NCc1cccc(F)c1. The van der Waals surface area contributed by atoms with E-state index in [-0.39, 0.29) is 24.8 Å². The van der Waals surface area contributed by atoms with Gasteiger partial charge in [-0.2, -0.15) is 0 Å². The molecule has 0 unspecified atom stereocenters. The molecule has 7 heteroatoms. The van der Waals surface area contributed by atoms with Crippen LogP contribution in [0.4, 0.5) is 4.39 Å². The van der Waals surface area contributed by atoms with Crippen LogP contribution in [-0.2, 0) is 17.9 Å². The Labute approximate surface area is 173 Å². The Morgan fingerprint density at radius 3 is 2.57 bits per heavy atom. The molecule has 2 aromatic carbocycles. The molecule has 0 saturated heterocycles. The number of amides is 1. The predicted molar refractivity (Wildman–Crippen MR) is 111 cm³/mol. The van der Waals surface area contributed by atoms with Gasteiger partial charge in [-0.3, -0.25) is 4.79 Å². The van der Waals surface area contributed by atoms with E-state index >= 15 is 0 Å². The van der Waals surface area contributed by atoms with E-state index in [1.807, 2.05) is 54.8 Å². The van der Waals surface area contributed by atoms with E-state index in [4.69, 9.17) is 4.42 Å². The molecular weight excluding hydrogens is 383 g/mol. The summed E-state index contributed by atoms with van der Waals surface area (Å²) in [5.74, 6) is 0.373. The van der Waals surface area contributed by atoms with Crippen LogP contribution in [0.1, 0.15) is 17.0 Å². The largest absolute Gasteiger partial charge is 0.416 e. The maximum atomic E-state index is 13.3. The number of aryl methyl sites for hydroxylation is 1. The number of nitrogens with zero attached hydrogens (tertiary/aromatic N) is 3. The Morgan fingerprint density at radius 1 is 1.03 bits per heavy atom. The van der Waals surface area contributed by atoms with Crippen LogP contribution in [0.25, 0.3) is 22.9 Å². The second-order valence-corrected chi connectivity index (χ2v) is 7.06. The highest BCUT2D eigenvalue weighted by molar-refractivity contribution is 5.76. The molecule has 0 saturated carbocycles. The molecule has 0 spiro atoms. The zero-order valence-corrected chi connectivity index (χ0v) is 16.7. The summed E-state index contributed by atoms with van der Waals surface area (Å²) in [6, 6.07) is 17.7. The summed E-state index contributed by atoms with van der Waals surface area (Å²) in [6.45, 7) is 4.25. The lowest BCUT2D eigenvalue weighted by Gasteiger charge is -2.10. The third kappa shape index (κ3) is 4.15. The fourth-order valence-corrected chi connectivity index (χ4v) is 3.34. The molecule has 4 aromatic rings. The lowest BCUT2D eigenvalue weighted by Crippen LogP contribution is -2.27. The summed E-state index contributed by atoms with van der Waals surface area (Å²) in [7, 11) is 0. The van der Waals surface area contributed by atoms with E-state index in [9.17, 15) is 9.18 Å². The normalized spacial score (nSPS) is 10.9. The molecule has 0 aliphatic carbocycles. The number of nitrogens with one attached hydrogen (secondary N) is 1. The molecule has 1 N–H and O–H groups in total. The molecule has 152 valence electrons. The van der Waals surface area contributed by atoms with Crippen molar-refractivity contribution in [2.24, 2.45) is 0 Å². The van der Waals surface area contributed by atoms with Crippen molar-refractivity contribution in [2.45, 2.75) is 26.9 Å². The summed E-state index contributed by atoms with van der Waals surface area (Å²) in [6.07, 6.45) is 0. The molecule has 0 aliphatic rings. The molecule has 2 aromatic heterocycles. The average Bonchev–Trinajstić information content (AvgIpc) is 3.34. The molecule has 2 heterocycles. The zero-order valence-electron chi connectivity index (χ0n) is 16.7. The number of halogens is 1. The minimum atomic E-state index is -0.321. The molecule has 1 amide bonds. The van der Waals surface area contributed by atoms with Gasteiger partial charge in [0.1, 0.15) is 12.4 Å². The Hall–Kier alpha value is -3.74. The first-order valence-corrected chi connectivity index (χ1v) is 9.58. The second kappa shape index (κ2) is 8.32. The molecule has 6 nitrogen and oxygen atoms in total. The zero-order chi connectivity index (χ0) is 21.1. The fraction of sp³-hybridized carbons (Fsp3) is 0.174. The van der Waals surface area contributed by atoms with Crippen LogP contribution in [0, 0.1) is 19.7 Å². The van der Waals surface area contributed by atoms with Gasteiger partial charge in [-0.25, -0.2) is 4.39 Å². The van der Waals surface area contributed by atoms with E-state index < -0.39 is 0 Å². The molecule has 0 bridgehead atoms. The molecule has 4 rings (SSSR count). The van der Waals surface area contributed by atoms with E-state index in [1.165, 1.54) is 12.1 Å². The van der Waals surface area contributed by atoms with Gasteiger partial charge in [-0.15, -0.1) is 10.2 Å². The maximum absolute atomic E-state index is 13.3. The molecule has 0 fully saturated rings. The number of carbonyl (C=O) groups is 1. The Balaban J connectivity index is 1.48. The quantitative estimate of drug-likeness (QED) is 0.521. The fourth-order valence-electron chi connectivity index (χ4n) is 3.34. The van der Waals surface area contributed by atoms with Crippen molar-refractivity contribution in [1.29, 1.82) is 0 Å². The highest BCUT2D eigenvalue weighted by atomic mass is 19.1. The van der Waals surface area contributed by atoms with Crippen molar-refractivity contribution in [1.82, 2.24) is 20.1 Å². The van der Waals surface area contributed by atoms with Gasteiger partial charge in [0.15, 0.2) is 0 Å². The standard InChI is InChI=1S/C23H21FN4O2/c1-15-11-20(23-27-26-22(30-23)18-8-4-3-5-9-18)16(2)28(15)14-21(29)25-13-17-7-6-10-19(24)12-17/h3-12H,13-14H2,1-2H3,(H,25,29). The first kappa shape index (κ1) is 19.6. The number of hydrogen-bond donors (Lipinski definition) is 1. The van der Waals surface area contributed by atoms with Crippen LogP contribution < -0.4 is 5.32 Å². The lowest BCUT2D eigenvalue weighted by atomic mass is 10.2. The maximum Gasteiger partial charge on any atom is 0.249 e. The number of benzene rings is 2. The summed E-state index contributed by atoms with van der Waals surface area (Å²) in [5, 5.41) is 11.1. The van der Waals surface area contributed by atoms with E-state index in [1.54, 1.807) is 12.1 Å². The Morgan fingerprint density at radius 2 is 1.80 bits per heavy atom. The van der Waals surface area contributed by atoms with Crippen molar-refractivity contribution in [3.05, 3.63) is 83.4 Å². The van der Waals surface area contributed by atoms with Crippen LogP contribution in [0.3, 0.4) is 0 Å². The highest BCUT2D eigenvalue weighted by Crippen LogP contribution is 2.28. The molecule has 30 heavy (non-hydrogen) atoms. The van der Waals surface area contributed by atoms with Gasteiger partial charge in [0.05, 0.1) is 5.56 Å². The van der Waals surface area contributed by atoms with Gasteiger partial charge < -0.3 is 14.3 Å². The van der Waals surface area contributed by atoms with Gasteiger partial charge in [-0.1, -0.05) is 30.3 Å². The van der Waals surface area contributed by atoms with Gasteiger partial charge in [0, 0.05) is 23.5 Å². The van der Waals surface area contributed by atoms with Gasteiger partial charge in [-0.05, 0) is 49.7 Å². The minimum absolute atomic E-state index is 0.145. The van der Waals surface area contributed by atoms with Gasteiger partial charge >= 0.3 is 0 Å². The second-order valence-electron chi connectivity index (χ2n) is 7.06. The van der Waals surface area contributed by atoms with Crippen LogP contribution in [-0.4, -0.2) is 20.7 Å². The summed E-state index contributed by atoms with van der Waals surface area (Å²) in [5.41, 5.74) is 4.12. The first-order chi connectivity index (χ1) is 14.5. The van der Waals surface area contributed by atoms with Gasteiger partial charge in [0.2, 0.25) is 17.7 Å². The van der Waals surface area contributed by atoms with Crippen molar-refractivity contribution >= 4 is 5.91 Å². The Bertz CT molecular complexity index is 1180. The van der Waals surface area contributed by atoms with Crippen LogP contribution in [0.2, 0.25) is 0 Å². The Kier molecular flexibility index (Phi) is 5.43. The lowest BCUT2D eigenvalue weighted by molar-refractivity contribution is -0.121. The summed E-state index contributed by atoms with van der Waals surface area (Å²) in [4.78, 5) is 12.4. The molecule has 0 radical (unpaired) electrons. The predicted octanol–water partition coefficient (Wildman–Crippen LogP) is 4.28. The molecule has 0 atom stereocenters. The molecule has 0 aliphatic heterocycles. The van der Waals surface area contributed by atoms with E-state index in [0.717, 1.165) is 22.5 Å². The first-order valence-electron chi connectivity index (χ1n) is 9.58. The average molecular weight is 404 g/mol. The summed E-state index contributed by atoms with van der Waals surface area (Å²) < 4.78 is 21.0. The highest BCUT2D eigenvalue weighted by Gasteiger charge is 2.18. The van der Waals surface area contributed by atoms with Gasteiger partial charge in [0.25, 0.3) is 0 Å². The monoisotopic (exact) mass is 404 g/mol. The van der Waals surface area contributed by atoms with E-state index in [0.29, 0.717) is 17.3 Å². The van der Waals surface area contributed by atoms with Crippen LogP contribution >= 0.6 is 0 Å². The van der Waals surface area contributed by atoms with Crippen molar-refractivity contribution in [3.63, 3.8) is 0 Å². The number of hydrogen-bond acceptors (Lipinski definition) is 4. The number of carbonyl (C=O) groups excluding carboxylic acids is 1.